The summed E-state index contributed by atoms with van der Waals surface area (Å²) >= 11 is 6.23. The average molecular weight is 542 g/mol. The Kier molecular flexibility index (Phi) is 8.13. The molecule has 4 radical (unpaired) electrons. The molecule has 0 atom stereocenters. The molecule has 194 valence electrons. The molecule has 0 amide bonds. The molecule has 0 saturated carbocycles. The molecule has 38 heavy (non-hydrogen) atoms. The van der Waals surface area contributed by atoms with Crippen molar-refractivity contribution in [1.29, 1.82) is 0 Å². The number of aliphatic imine (C=N–C) groups is 1. The van der Waals surface area contributed by atoms with Crippen molar-refractivity contribution in [1.82, 2.24) is 14.5 Å². The minimum absolute atomic E-state index is 0.0787. The van der Waals surface area contributed by atoms with Crippen molar-refractivity contribution in [3.8, 4) is 11.4 Å². The molecular formula is C24H21B2ClF3N5O3. The molecule has 0 saturated heterocycles. The van der Waals surface area contributed by atoms with Crippen LogP contribution in [0.4, 0.5) is 19.0 Å². The van der Waals surface area contributed by atoms with Gasteiger partial charge in [0.05, 0.1) is 22.9 Å². The lowest BCUT2D eigenvalue weighted by atomic mass is 9.62. The molecule has 3 aromatic rings. The highest BCUT2D eigenvalue weighted by atomic mass is 35.5. The van der Waals surface area contributed by atoms with Crippen molar-refractivity contribution in [2.75, 3.05) is 0 Å². The summed E-state index contributed by atoms with van der Waals surface area (Å²) < 4.78 is 49.3. The van der Waals surface area contributed by atoms with Crippen LogP contribution in [0.1, 0.15) is 30.8 Å². The number of nitrogens with two attached hydrogens (primary N) is 1. The number of hydrogen-bond acceptors (Lipinski definition) is 7. The highest BCUT2D eigenvalue weighted by Gasteiger charge is 2.30. The molecule has 0 fully saturated rings. The van der Waals surface area contributed by atoms with E-state index in [0.717, 1.165) is 10.8 Å². The van der Waals surface area contributed by atoms with Gasteiger partial charge in [-0.15, -0.1) is 0 Å². The van der Waals surface area contributed by atoms with Crippen molar-refractivity contribution in [3.05, 3.63) is 86.1 Å². The Balaban J connectivity index is 2.07. The maximum absolute atomic E-state index is 15.5. The van der Waals surface area contributed by atoms with Gasteiger partial charge in [-0.1, -0.05) is 11.6 Å². The van der Waals surface area contributed by atoms with Gasteiger partial charge in [0.2, 0.25) is 0 Å². The van der Waals surface area contributed by atoms with E-state index >= 15 is 4.39 Å². The van der Waals surface area contributed by atoms with Gasteiger partial charge in [-0.3, -0.25) is 14.3 Å². The second-order valence-electron chi connectivity index (χ2n) is 8.87. The van der Waals surface area contributed by atoms with Crippen molar-refractivity contribution >= 4 is 39.3 Å². The Hall–Kier alpha value is -3.57. The van der Waals surface area contributed by atoms with Gasteiger partial charge in [0, 0.05) is 35.9 Å². The number of pyridine rings is 3. The van der Waals surface area contributed by atoms with Crippen LogP contribution >= 0.6 is 11.6 Å². The zero-order chi connectivity index (χ0) is 28.6. The lowest BCUT2D eigenvalue weighted by Crippen LogP contribution is -2.37. The maximum Gasteiger partial charge on any atom is 0.278 e. The Morgan fingerprint density at radius 2 is 1.87 bits per heavy atom. The van der Waals surface area contributed by atoms with E-state index in [2.05, 4.69) is 15.0 Å². The molecule has 0 bridgehead atoms. The molecule has 14 heteroatoms. The summed E-state index contributed by atoms with van der Waals surface area (Å²) in [5.74, 6) is -3.81. The van der Waals surface area contributed by atoms with Crippen LogP contribution in [0.5, 0.6) is 5.75 Å². The molecule has 3 heterocycles. The topological polar surface area (TPSA) is 116 Å². The standard InChI is InChI=1S/C24H21B2ClF3N5O3/c1-11-9-34-21(32-6-5-16(31)23(3,4)37)18(30)19(11)35-12(2)7-15(17(27)22(35)36)38-24(25,26)20-14(29)8-13(28)10-33-20/h5-10,37H,31H2,1-4H3. The largest absolute Gasteiger partial charge is 0.499 e. The summed E-state index contributed by atoms with van der Waals surface area (Å²) in [4.78, 5) is 24.6. The molecule has 0 unspecified atom stereocenters. The number of halogens is 4. The molecular weight excluding hydrogens is 520 g/mol. The van der Waals surface area contributed by atoms with Gasteiger partial charge in [-0.2, -0.15) is 0 Å². The second-order valence-corrected chi connectivity index (χ2v) is 9.25. The first-order chi connectivity index (χ1) is 17.5. The predicted octanol–water partition coefficient (Wildman–Crippen LogP) is 3.16. The summed E-state index contributed by atoms with van der Waals surface area (Å²) in [6, 6.07) is 1.74. The van der Waals surface area contributed by atoms with E-state index in [0.29, 0.717) is 12.3 Å². The second kappa shape index (κ2) is 10.7. The Morgan fingerprint density at radius 1 is 1.21 bits per heavy atom. The van der Waals surface area contributed by atoms with E-state index in [4.69, 9.17) is 37.8 Å². The van der Waals surface area contributed by atoms with Crippen LogP contribution in [0.3, 0.4) is 0 Å². The zero-order valence-electron chi connectivity index (χ0n) is 20.8. The monoisotopic (exact) mass is 541 g/mol. The number of hydrogen-bond donors (Lipinski definition) is 2. The first-order valence-corrected chi connectivity index (χ1v) is 11.3. The number of allylic oxidation sites excluding steroid dienone is 1. The predicted molar refractivity (Wildman–Crippen MR) is 139 cm³/mol. The number of nitrogens with zero attached hydrogens (tertiary/aromatic N) is 4. The summed E-state index contributed by atoms with van der Waals surface area (Å²) in [6.45, 7) is 5.90. The van der Waals surface area contributed by atoms with Gasteiger partial charge in [-0.05, 0) is 39.3 Å². The lowest BCUT2D eigenvalue weighted by molar-refractivity contribution is 0.118. The van der Waals surface area contributed by atoms with Gasteiger partial charge in [0.1, 0.15) is 43.8 Å². The van der Waals surface area contributed by atoms with Crippen molar-refractivity contribution < 1.29 is 23.0 Å². The zero-order valence-corrected chi connectivity index (χ0v) is 21.5. The molecule has 0 spiro atoms. The van der Waals surface area contributed by atoms with Gasteiger partial charge < -0.3 is 15.6 Å². The van der Waals surface area contributed by atoms with E-state index in [1.165, 1.54) is 46.0 Å². The van der Waals surface area contributed by atoms with Crippen LogP contribution < -0.4 is 16.0 Å². The molecule has 8 nitrogen and oxygen atoms in total. The highest BCUT2D eigenvalue weighted by molar-refractivity contribution is 6.39. The minimum Gasteiger partial charge on any atom is -0.499 e. The Labute approximate surface area is 223 Å². The normalized spacial score (nSPS) is 12.8. The average Bonchev–Trinajstić information content (AvgIpc) is 2.79. The highest BCUT2D eigenvalue weighted by Crippen LogP contribution is 2.31. The van der Waals surface area contributed by atoms with Crippen LogP contribution in [0.15, 0.2) is 46.1 Å². The fraction of sp³-hybridized carbons (Fsp3) is 0.250. The summed E-state index contributed by atoms with van der Waals surface area (Å²) in [5, 5.41) is 6.88. The van der Waals surface area contributed by atoms with Crippen LogP contribution in [-0.2, 0) is 5.40 Å². The minimum atomic E-state index is -2.44. The van der Waals surface area contributed by atoms with Crippen molar-refractivity contribution in [3.63, 3.8) is 0 Å². The molecule has 3 N–H and O–H groups in total. The quantitative estimate of drug-likeness (QED) is 0.351. The summed E-state index contributed by atoms with van der Waals surface area (Å²) in [7, 11) is 11.7. The molecule has 0 aliphatic heterocycles. The molecule has 0 aromatic carbocycles. The number of ether oxygens (including phenoxy) is 1. The van der Waals surface area contributed by atoms with Gasteiger partial charge in [0.15, 0.2) is 11.6 Å². The Bertz CT molecular complexity index is 1520. The summed E-state index contributed by atoms with van der Waals surface area (Å²) in [6.07, 6.45) is 4.42. The van der Waals surface area contributed by atoms with E-state index in [-0.39, 0.29) is 34.2 Å². The number of aliphatic hydroxyl groups is 1. The lowest BCUT2D eigenvalue weighted by Gasteiger charge is -2.28. The van der Waals surface area contributed by atoms with Crippen LogP contribution in [0, 0.1) is 31.3 Å². The smallest absolute Gasteiger partial charge is 0.278 e. The number of rotatable bonds is 7. The summed E-state index contributed by atoms with van der Waals surface area (Å²) in [5.41, 5.74) is 3.15. The van der Waals surface area contributed by atoms with E-state index in [1.807, 2.05) is 0 Å². The SMILES string of the molecule is [B]C([B])(Oc1cc(C)n(-c2c(C)cnc(N=CC=C(N)C(C)(C)O)c2F)c(=O)c1Cl)c1ncc(F)cc1F. The van der Waals surface area contributed by atoms with E-state index in [1.54, 1.807) is 0 Å². The van der Waals surface area contributed by atoms with Crippen molar-refractivity contribution in [2.24, 2.45) is 10.7 Å². The molecule has 3 rings (SSSR count). The third kappa shape index (κ3) is 5.94. The third-order valence-corrected chi connectivity index (χ3v) is 5.64. The number of aromatic nitrogens is 3. The van der Waals surface area contributed by atoms with Crippen LogP contribution in [0.2, 0.25) is 5.02 Å². The van der Waals surface area contributed by atoms with E-state index in [9.17, 15) is 18.7 Å². The Morgan fingerprint density at radius 3 is 2.47 bits per heavy atom. The third-order valence-electron chi connectivity index (χ3n) is 5.30. The molecule has 3 aromatic heterocycles. The van der Waals surface area contributed by atoms with Crippen molar-refractivity contribution in [2.45, 2.75) is 38.7 Å². The number of aryl methyl sites for hydroxylation is 2. The van der Waals surface area contributed by atoms with Gasteiger partial charge in [0.25, 0.3) is 5.56 Å². The molecule has 0 aliphatic carbocycles. The fourth-order valence-corrected chi connectivity index (χ4v) is 3.45. The maximum atomic E-state index is 15.5. The first-order valence-electron chi connectivity index (χ1n) is 10.9. The first kappa shape index (κ1) is 29.0. The van der Waals surface area contributed by atoms with E-state index < -0.39 is 44.7 Å². The molecule has 0 aliphatic rings. The van der Waals surface area contributed by atoms with Crippen LogP contribution in [-0.4, -0.2) is 47.1 Å². The fourth-order valence-electron chi connectivity index (χ4n) is 3.28. The van der Waals surface area contributed by atoms with Gasteiger partial charge >= 0.3 is 0 Å². The van der Waals surface area contributed by atoms with Gasteiger partial charge in [-0.25, -0.2) is 23.1 Å². The van der Waals surface area contributed by atoms with Crippen LogP contribution in [0.25, 0.3) is 5.69 Å².